The van der Waals surface area contributed by atoms with Crippen LogP contribution in [0.25, 0.3) is 0 Å². The molecule has 0 bridgehead atoms. The Balaban J connectivity index is 0.00000254. The molecule has 1 unspecified atom stereocenters. The molecule has 0 saturated heterocycles. The molecule has 0 spiro atoms. The van der Waals surface area contributed by atoms with Crippen LogP contribution < -0.4 is 10.5 Å². The smallest absolute Gasteiger partial charge is 0.307 e. The molecular formula is C19H26FNO3. The zero-order valence-corrected chi connectivity index (χ0v) is 14.3. The number of rotatable bonds is 9. The first-order valence-electron chi connectivity index (χ1n) is 7.78. The van der Waals surface area contributed by atoms with Gasteiger partial charge < -0.3 is 15.2 Å². The molecule has 132 valence electrons. The molecule has 0 heterocycles. The quantitative estimate of drug-likeness (QED) is 0.551. The molecule has 0 aliphatic rings. The zero-order chi connectivity index (χ0) is 18.4. The molecule has 0 aliphatic heterocycles. The number of carbonyl (C=O) groups is 1. The van der Waals surface area contributed by atoms with Crippen molar-refractivity contribution in [3.63, 3.8) is 0 Å². The van der Waals surface area contributed by atoms with E-state index in [-0.39, 0.29) is 25.5 Å². The third kappa shape index (κ3) is 9.58. The molecule has 0 fully saturated rings. The summed E-state index contributed by atoms with van der Waals surface area (Å²) >= 11 is 0. The number of esters is 1. The van der Waals surface area contributed by atoms with Crippen LogP contribution in [0.4, 0.5) is 4.39 Å². The van der Waals surface area contributed by atoms with Crippen molar-refractivity contribution in [2.45, 2.75) is 26.3 Å². The van der Waals surface area contributed by atoms with Crippen LogP contribution in [0.2, 0.25) is 0 Å². The van der Waals surface area contributed by atoms with Crippen LogP contribution in [0.1, 0.15) is 20.3 Å². The fourth-order valence-electron chi connectivity index (χ4n) is 1.56. The lowest BCUT2D eigenvalue weighted by atomic mass is 10.2. The molecule has 0 aliphatic carbocycles. The Morgan fingerprint density at radius 3 is 2.46 bits per heavy atom. The maximum Gasteiger partial charge on any atom is 0.307 e. The minimum absolute atomic E-state index is 0.0275. The fourth-order valence-corrected chi connectivity index (χ4v) is 1.56. The van der Waals surface area contributed by atoms with Gasteiger partial charge in [-0.1, -0.05) is 45.2 Å². The average molecular weight is 335 g/mol. The van der Waals surface area contributed by atoms with Gasteiger partial charge in [0.15, 0.2) is 0 Å². The number of allylic oxidation sites excluding steroid dienone is 2. The van der Waals surface area contributed by atoms with Gasteiger partial charge in [-0.05, 0) is 29.8 Å². The third-order valence-electron chi connectivity index (χ3n) is 2.70. The van der Waals surface area contributed by atoms with Gasteiger partial charge in [-0.3, -0.25) is 4.79 Å². The van der Waals surface area contributed by atoms with E-state index < -0.39 is 12.0 Å². The van der Waals surface area contributed by atoms with Gasteiger partial charge in [0.05, 0.1) is 6.42 Å². The van der Waals surface area contributed by atoms with Crippen LogP contribution in [0.15, 0.2) is 61.2 Å². The van der Waals surface area contributed by atoms with Crippen LogP contribution in [-0.4, -0.2) is 25.2 Å². The number of nitrogens with two attached hydrogens (primary N) is 1. The third-order valence-corrected chi connectivity index (χ3v) is 2.70. The van der Waals surface area contributed by atoms with Crippen molar-refractivity contribution in [2.75, 3.05) is 13.2 Å². The van der Waals surface area contributed by atoms with Crippen LogP contribution in [-0.2, 0) is 9.53 Å². The van der Waals surface area contributed by atoms with Crippen molar-refractivity contribution in [2.24, 2.45) is 5.73 Å². The summed E-state index contributed by atoms with van der Waals surface area (Å²) in [6.45, 7) is 11.4. The van der Waals surface area contributed by atoms with E-state index in [2.05, 4.69) is 13.2 Å². The summed E-state index contributed by atoms with van der Waals surface area (Å²) in [5.74, 6) is -0.272. The fraction of sp³-hybridized carbons (Fsp3) is 0.316. The molecular weight excluding hydrogens is 309 g/mol. The lowest BCUT2D eigenvalue weighted by Gasteiger charge is -2.13. The lowest BCUT2D eigenvalue weighted by Crippen LogP contribution is -2.31. The molecule has 2 N–H and O–H groups in total. The van der Waals surface area contributed by atoms with E-state index in [0.29, 0.717) is 5.75 Å². The van der Waals surface area contributed by atoms with Gasteiger partial charge in [0.2, 0.25) is 0 Å². The minimum Gasteiger partial charge on any atom is -0.492 e. The topological polar surface area (TPSA) is 61.5 Å². The Morgan fingerprint density at radius 2 is 1.92 bits per heavy atom. The number of benzene rings is 1. The summed E-state index contributed by atoms with van der Waals surface area (Å²) < 4.78 is 23.2. The number of hydrogen-bond acceptors (Lipinski definition) is 4. The number of ether oxygens (including phenoxy) is 2. The summed E-state index contributed by atoms with van der Waals surface area (Å²) in [5.41, 5.74) is 6.55. The van der Waals surface area contributed by atoms with Crippen molar-refractivity contribution in [3.8, 4) is 5.75 Å². The molecule has 0 saturated carbocycles. The van der Waals surface area contributed by atoms with Gasteiger partial charge in [0, 0.05) is 6.04 Å². The summed E-state index contributed by atoms with van der Waals surface area (Å²) in [6.07, 6.45) is 4.91. The van der Waals surface area contributed by atoms with Crippen LogP contribution in [0, 0.1) is 5.82 Å². The van der Waals surface area contributed by atoms with Gasteiger partial charge in [-0.2, -0.15) is 0 Å². The predicted molar refractivity (Wildman–Crippen MR) is 95.3 cm³/mol. The highest BCUT2D eigenvalue weighted by molar-refractivity contribution is 5.70. The summed E-state index contributed by atoms with van der Waals surface area (Å²) in [7, 11) is 0. The van der Waals surface area contributed by atoms with Crippen molar-refractivity contribution < 1.29 is 18.7 Å². The normalized spacial score (nSPS) is 11.6. The molecule has 1 aromatic carbocycles. The molecule has 0 aromatic heterocycles. The zero-order valence-electron chi connectivity index (χ0n) is 14.3. The van der Waals surface area contributed by atoms with Gasteiger partial charge >= 0.3 is 5.97 Å². The Labute approximate surface area is 143 Å². The molecule has 0 radical (unpaired) electrons. The maximum atomic E-state index is 12.7. The van der Waals surface area contributed by atoms with Gasteiger partial charge in [-0.15, -0.1) is 0 Å². The highest BCUT2D eigenvalue weighted by Gasteiger charge is 2.12. The van der Waals surface area contributed by atoms with E-state index in [1.54, 1.807) is 18.2 Å². The number of halogens is 1. The Kier molecular flexibility index (Phi) is 11.8. The predicted octanol–water partition coefficient (Wildman–Crippen LogP) is 3.79. The Bertz CT molecular complexity index is 538. The Hall–Kier alpha value is -2.40. The minimum atomic E-state index is -0.506. The largest absolute Gasteiger partial charge is 0.492 e. The second kappa shape index (κ2) is 13.1. The summed E-state index contributed by atoms with van der Waals surface area (Å²) in [4.78, 5) is 11.6. The highest BCUT2D eigenvalue weighted by atomic mass is 19.1. The first-order valence-corrected chi connectivity index (χ1v) is 7.78. The van der Waals surface area contributed by atoms with Crippen LogP contribution in [0.5, 0.6) is 5.75 Å². The molecule has 4 nitrogen and oxygen atoms in total. The van der Waals surface area contributed by atoms with Crippen molar-refractivity contribution in [1.82, 2.24) is 0 Å². The molecule has 24 heavy (non-hydrogen) atoms. The SMILES string of the molecule is C=C/C=C(\C=C)COC(=O)CC(N)COc1ccc(F)cc1.CC. The summed E-state index contributed by atoms with van der Waals surface area (Å²) in [6, 6.07) is 5.07. The second-order valence-electron chi connectivity index (χ2n) is 4.57. The summed E-state index contributed by atoms with van der Waals surface area (Å²) in [5, 5.41) is 0. The van der Waals surface area contributed by atoms with Crippen LogP contribution >= 0.6 is 0 Å². The van der Waals surface area contributed by atoms with Crippen molar-refractivity contribution >= 4 is 5.97 Å². The van der Waals surface area contributed by atoms with Crippen molar-refractivity contribution in [3.05, 3.63) is 67.0 Å². The Morgan fingerprint density at radius 1 is 1.29 bits per heavy atom. The van der Waals surface area contributed by atoms with E-state index in [9.17, 15) is 9.18 Å². The van der Waals surface area contributed by atoms with Gasteiger partial charge in [0.1, 0.15) is 24.8 Å². The van der Waals surface area contributed by atoms with E-state index in [1.807, 2.05) is 13.8 Å². The van der Waals surface area contributed by atoms with E-state index in [4.69, 9.17) is 15.2 Å². The molecule has 5 heteroatoms. The number of hydrogen-bond donors (Lipinski definition) is 1. The highest BCUT2D eigenvalue weighted by Crippen LogP contribution is 2.11. The van der Waals surface area contributed by atoms with Crippen molar-refractivity contribution in [1.29, 1.82) is 0 Å². The van der Waals surface area contributed by atoms with Crippen LogP contribution in [0.3, 0.4) is 0 Å². The lowest BCUT2D eigenvalue weighted by molar-refractivity contribution is -0.143. The maximum absolute atomic E-state index is 12.7. The van der Waals surface area contributed by atoms with E-state index >= 15 is 0 Å². The molecule has 0 amide bonds. The first-order chi connectivity index (χ1) is 11.5. The van der Waals surface area contributed by atoms with E-state index in [1.165, 1.54) is 24.3 Å². The monoisotopic (exact) mass is 335 g/mol. The van der Waals surface area contributed by atoms with E-state index in [0.717, 1.165) is 5.57 Å². The number of carbonyl (C=O) groups excluding carboxylic acids is 1. The van der Waals surface area contributed by atoms with Gasteiger partial charge in [-0.25, -0.2) is 4.39 Å². The molecule has 1 atom stereocenters. The molecule has 1 rings (SSSR count). The second-order valence-corrected chi connectivity index (χ2v) is 4.57. The molecule has 1 aromatic rings. The standard InChI is InChI=1S/C17H20FNO3.C2H6/c1-3-5-13(4-2)11-22-17(20)10-15(19)12-21-16-8-6-14(18)7-9-16;1-2/h3-9,15H,1-2,10-12,19H2;1-2H3/b13-5+;. The first kappa shape index (κ1) is 21.6. The average Bonchev–Trinajstić information content (AvgIpc) is 2.60. The van der Waals surface area contributed by atoms with Gasteiger partial charge in [0.25, 0.3) is 0 Å².